The quantitative estimate of drug-likeness (QED) is 0.798. The SMILES string of the molecule is CCOc1ccc(NC(=O)CN(c2cccc(Cl)c2)S(C)(=O)=O)cc1. The van der Waals surface area contributed by atoms with Crippen LogP contribution in [0.3, 0.4) is 0 Å². The summed E-state index contributed by atoms with van der Waals surface area (Å²) in [6.45, 7) is 2.08. The molecule has 1 N–H and O–H groups in total. The predicted octanol–water partition coefficient (Wildman–Crippen LogP) is 3.14. The minimum atomic E-state index is -3.64. The fourth-order valence-electron chi connectivity index (χ4n) is 2.16. The van der Waals surface area contributed by atoms with Crippen LogP contribution >= 0.6 is 11.6 Å². The van der Waals surface area contributed by atoms with Gasteiger partial charge in [0.25, 0.3) is 0 Å². The van der Waals surface area contributed by atoms with Gasteiger partial charge in [-0.25, -0.2) is 8.42 Å². The summed E-state index contributed by atoms with van der Waals surface area (Å²) in [5.41, 5.74) is 0.879. The van der Waals surface area contributed by atoms with Crippen molar-refractivity contribution in [3.63, 3.8) is 0 Å². The van der Waals surface area contributed by atoms with E-state index in [1.165, 1.54) is 6.07 Å². The zero-order chi connectivity index (χ0) is 18.4. The molecule has 0 radical (unpaired) electrons. The molecule has 0 fully saturated rings. The highest BCUT2D eigenvalue weighted by Gasteiger charge is 2.21. The second-order valence-electron chi connectivity index (χ2n) is 5.26. The molecule has 2 aromatic rings. The van der Waals surface area contributed by atoms with Crippen LogP contribution in [0.15, 0.2) is 48.5 Å². The van der Waals surface area contributed by atoms with E-state index < -0.39 is 15.9 Å². The molecule has 0 bridgehead atoms. The number of benzene rings is 2. The summed E-state index contributed by atoms with van der Waals surface area (Å²) in [6, 6.07) is 13.2. The molecule has 0 unspecified atom stereocenters. The van der Waals surface area contributed by atoms with Crippen molar-refractivity contribution in [1.82, 2.24) is 0 Å². The molecule has 134 valence electrons. The van der Waals surface area contributed by atoms with Gasteiger partial charge in [-0.1, -0.05) is 17.7 Å². The third kappa shape index (κ3) is 5.65. The molecule has 0 spiro atoms. The Morgan fingerprint density at radius 2 is 1.88 bits per heavy atom. The van der Waals surface area contributed by atoms with Gasteiger partial charge in [0.15, 0.2) is 0 Å². The maximum absolute atomic E-state index is 12.3. The van der Waals surface area contributed by atoms with Crippen LogP contribution < -0.4 is 14.4 Å². The molecule has 25 heavy (non-hydrogen) atoms. The molecule has 0 aromatic heterocycles. The highest BCUT2D eigenvalue weighted by molar-refractivity contribution is 7.92. The number of nitrogens with zero attached hydrogens (tertiary/aromatic N) is 1. The summed E-state index contributed by atoms with van der Waals surface area (Å²) in [5.74, 6) is 0.228. The third-order valence-electron chi connectivity index (χ3n) is 3.23. The zero-order valence-electron chi connectivity index (χ0n) is 13.9. The van der Waals surface area contributed by atoms with Crippen molar-refractivity contribution in [3.05, 3.63) is 53.6 Å². The highest BCUT2D eigenvalue weighted by Crippen LogP contribution is 2.22. The molecule has 0 aliphatic rings. The van der Waals surface area contributed by atoms with E-state index in [1.54, 1.807) is 42.5 Å². The summed E-state index contributed by atoms with van der Waals surface area (Å²) in [5, 5.41) is 3.05. The lowest BCUT2D eigenvalue weighted by molar-refractivity contribution is -0.114. The Kier molecular flexibility index (Phi) is 6.27. The van der Waals surface area contributed by atoms with Crippen LogP contribution in [0.4, 0.5) is 11.4 Å². The average molecular weight is 383 g/mol. The maximum Gasteiger partial charge on any atom is 0.245 e. The molecule has 0 heterocycles. The van der Waals surface area contributed by atoms with E-state index in [2.05, 4.69) is 5.32 Å². The first-order valence-electron chi connectivity index (χ1n) is 7.55. The van der Waals surface area contributed by atoms with Crippen LogP contribution in [-0.2, 0) is 14.8 Å². The Bertz CT molecular complexity index is 838. The molecule has 0 aliphatic carbocycles. The molecule has 0 saturated carbocycles. The molecule has 0 saturated heterocycles. The molecule has 8 heteroatoms. The van der Waals surface area contributed by atoms with Crippen LogP contribution in [0.2, 0.25) is 5.02 Å². The number of carbonyl (C=O) groups is 1. The Morgan fingerprint density at radius 3 is 2.44 bits per heavy atom. The second-order valence-corrected chi connectivity index (χ2v) is 7.60. The maximum atomic E-state index is 12.3. The van der Waals surface area contributed by atoms with Gasteiger partial charge in [0, 0.05) is 10.7 Å². The van der Waals surface area contributed by atoms with Crippen molar-refractivity contribution in [2.24, 2.45) is 0 Å². The van der Waals surface area contributed by atoms with E-state index in [9.17, 15) is 13.2 Å². The van der Waals surface area contributed by atoms with Crippen molar-refractivity contribution < 1.29 is 17.9 Å². The number of rotatable bonds is 7. The van der Waals surface area contributed by atoms with Gasteiger partial charge in [-0.05, 0) is 49.4 Å². The first-order valence-corrected chi connectivity index (χ1v) is 9.78. The zero-order valence-corrected chi connectivity index (χ0v) is 15.5. The number of anilines is 2. The van der Waals surface area contributed by atoms with E-state index in [1.807, 2.05) is 6.92 Å². The van der Waals surface area contributed by atoms with E-state index in [0.717, 1.165) is 10.6 Å². The Hall–Kier alpha value is -2.25. The molecule has 2 aromatic carbocycles. The van der Waals surface area contributed by atoms with Crippen LogP contribution in [0.1, 0.15) is 6.92 Å². The fourth-order valence-corrected chi connectivity index (χ4v) is 3.20. The van der Waals surface area contributed by atoms with Gasteiger partial charge in [-0.15, -0.1) is 0 Å². The number of carbonyl (C=O) groups excluding carboxylic acids is 1. The van der Waals surface area contributed by atoms with Crippen molar-refractivity contribution in [1.29, 1.82) is 0 Å². The van der Waals surface area contributed by atoms with Crippen LogP contribution in [0.5, 0.6) is 5.75 Å². The van der Waals surface area contributed by atoms with Crippen molar-refractivity contribution >= 4 is 38.9 Å². The first-order chi connectivity index (χ1) is 11.8. The number of halogens is 1. The standard InChI is InChI=1S/C17H19ClN2O4S/c1-3-24-16-9-7-14(8-10-16)19-17(21)12-20(25(2,22)23)15-6-4-5-13(18)11-15/h4-11H,3,12H2,1-2H3,(H,19,21). The normalized spacial score (nSPS) is 11.0. The van der Waals surface area contributed by atoms with Gasteiger partial charge in [0.1, 0.15) is 12.3 Å². The number of hydrogen-bond donors (Lipinski definition) is 1. The molecule has 0 aliphatic heterocycles. The lowest BCUT2D eigenvalue weighted by Gasteiger charge is -2.22. The van der Waals surface area contributed by atoms with E-state index in [0.29, 0.717) is 28.8 Å². The molecule has 6 nitrogen and oxygen atoms in total. The average Bonchev–Trinajstić information content (AvgIpc) is 2.54. The Labute approximate surface area is 152 Å². The van der Waals surface area contributed by atoms with Crippen LogP contribution in [-0.4, -0.2) is 33.7 Å². The van der Waals surface area contributed by atoms with E-state index in [-0.39, 0.29) is 6.54 Å². The van der Waals surface area contributed by atoms with Crippen LogP contribution in [0, 0.1) is 0 Å². The number of amides is 1. The Balaban J connectivity index is 2.12. The number of hydrogen-bond acceptors (Lipinski definition) is 4. The third-order valence-corrected chi connectivity index (χ3v) is 4.61. The number of nitrogens with one attached hydrogen (secondary N) is 1. The molecular formula is C17H19ClN2O4S. The van der Waals surface area contributed by atoms with Crippen molar-refractivity contribution in [2.75, 3.05) is 29.0 Å². The summed E-state index contributed by atoms with van der Waals surface area (Å²) < 4.78 is 30.4. The lowest BCUT2D eigenvalue weighted by atomic mass is 10.3. The minimum absolute atomic E-state index is 0.330. The van der Waals surface area contributed by atoms with Gasteiger partial charge < -0.3 is 10.1 Å². The summed E-state index contributed by atoms with van der Waals surface area (Å²) >= 11 is 5.91. The van der Waals surface area contributed by atoms with Gasteiger partial charge in [0.05, 0.1) is 18.6 Å². The van der Waals surface area contributed by atoms with Gasteiger partial charge in [0.2, 0.25) is 15.9 Å². The monoisotopic (exact) mass is 382 g/mol. The predicted molar refractivity (Wildman–Crippen MR) is 99.9 cm³/mol. The number of ether oxygens (including phenoxy) is 1. The van der Waals surface area contributed by atoms with Crippen molar-refractivity contribution in [3.8, 4) is 5.75 Å². The molecule has 2 rings (SSSR count). The molecule has 0 atom stereocenters. The van der Waals surface area contributed by atoms with E-state index >= 15 is 0 Å². The largest absolute Gasteiger partial charge is 0.494 e. The van der Waals surface area contributed by atoms with Gasteiger partial charge in [-0.3, -0.25) is 9.10 Å². The Morgan fingerprint density at radius 1 is 1.20 bits per heavy atom. The van der Waals surface area contributed by atoms with E-state index in [4.69, 9.17) is 16.3 Å². The summed E-state index contributed by atoms with van der Waals surface area (Å²) in [4.78, 5) is 12.3. The topological polar surface area (TPSA) is 75.7 Å². The highest BCUT2D eigenvalue weighted by atomic mass is 35.5. The molecular weight excluding hydrogens is 364 g/mol. The second kappa shape index (κ2) is 8.22. The summed E-state index contributed by atoms with van der Waals surface area (Å²) in [7, 11) is -3.64. The van der Waals surface area contributed by atoms with Crippen LogP contribution in [0.25, 0.3) is 0 Å². The first kappa shape index (κ1) is 19.1. The van der Waals surface area contributed by atoms with Gasteiger partial charge in [-0.2, -0.15) is 0 Å². The molecule has 1 amide bonds. The fraction of sp³-hybridized carbons (Fsp3) is 0.235. The number of sulfonamides is 1. The smallest absolute Gasteiger partial charge is 0.245 e. The lowest BCUT2D eigenvalue weighted by Crippen LogP contribution is -2.37. The minimum Gasteiger partial charge on any atom is -0.494 e. The van der Waals surface area contributed by atoms with Gasteiger partial charge >= 0.3 is 0 Å². The van der Waals surface area contributed by atoms with Crippen molar-refractivity contribution in [2.45, 2.75) is 6.92 Å². The summed E-state index contributed by atoms with van der Waals surface area (Å²) in [6.07, 6.45) is 1.04.